The number of nitrogens with one attached hydrogen (secondary N) is 1. The van der Waals surface area contributed by atoms with Crippen molar-refractivity contribution in [1.82, 2.24) is 20.2 Å². The summed E-state index contributed by atoms with van der Waals surface area (Å²) in [5, 5.41) is 15.2. The summed E-state index contributed by atoms with van der Waals surface area (Å²) in [6.07, 6.45) is 2.36. The van der Waals surface area contributed by atoms with Crippen molar-refractivity contribution in [1.29, 1.82) is 0 Å². The zero-order valence-corrected chi connectivity index (χ0v) is 16.4. The smallest absolute Gasteiger partial charge is 0.234 e. The minimum atomic E-state index is -0.108. The average molecular weight is 405 g/mol. The second-order valence-corrected chi connectivity index (χ2v) is 7.30. The Hall–Kier alpha value is -3.39. The van der Waals surface area contributed by atoms with Crippen LogP contribution in [0.4, 0.5) is 5.69 Å². The first-order valence-electron chi connectivity index (χ1n) is 9.11. The summed E-state index contributed by atoms with van der Waals surface area (Å²) in [4.78, 5) is 12.5. The number of benzene rings is 2. The average Bonchev–Trinajstić information content (AvgIpc) is 3.41. The first-order valence-corrected chi connectivity index (χ1v) is 10.1. The van der Waals surface area contributed by atoms with Crippen LogP contribution in [0.3, 0.4) is 0 Å². The van der Waals surface area contributed by atoms with Gasteiger partial charge in [-0.25, -0.2) is 4.68 Å². The minimum absolute atomic E-state index is 0.108. The number of hydrogen-bond acceptors (Lipinski definition) is 6. The molecule has 0 bridgehead atoms. The SMILES string of the molecule is O=C(CSc1nnnn1Cc1ccco1)Nc1ccccc1Cc1ccccc1. The quantitative estimate of drug-likeness (QED) is 0.451. The normalized spacial score (nSPS) is 10.8. The third-order valence-corrected chi connectivity index (χ3v) is 5.20. The molecule has 0 atom stereocenters. The Labute approximate surface area is 172 Å². The first-order chi connectivity index (χ1) is 14.3. The van der Waals surface area contributed by atoms with Gasteiger partial charge in [-0.2, -0.15) is 0 Å². The van der Waals surface area contributed by atoms with Crippen LogP contribution in [-0.2, 0) is 17.8 Å². The molecule has 0 fully saturated rings. The van der Waals surface area contributed by atoms with E-state index in [0.29, 0.717) is 11.7 Å². The van der Waals surface area contributed by atoms with E-state index in [1.165, 1.54) is 17.3 Å². The highest BCUT2D eigenvalue weighted by Crippen LogP contribution is 2.21. The molecule has 1 N–H and O–H groups in total. The highest BCUT2D eigenvalue weighted by atomic mass is 32.2. The van der Waals surface area contributed by atoms with E-state index in [2.05, 4.69) is 33.0 Å². The number of hydrogen-bond donors (Lipinski definition) is 1. The molecular formula is C21H19N5O2S. The third-order valence-electron chi connectivity index (χ3n) is 4.25. The molecule has 0 aliphatic heterocycles. The number of rotatable bonds is 8. The van der Waals surface area contributed by atoms with E-state index in [-0.39, 0.29) is 11.7 Å². The van der Waals surface area contributed by atoms with Crippen LogP contribution in [0.1, 0.15) is 16.9 Å². The second-order valence-electron chi connectivity index (χ2n) is 6.35. The molecule has 0 saturated carbocycles. The highest BCUT2D eigenvalue weighted by molar-refractivity contribution is 7.99. The van der Waals surface area contributed by atoms with Crippen LogP contribution in [-0.4, -0.2) is 31.9 Å². The fourth-order valence-electron chi connectivity index (χ4n) is 2.88. The number of furan rings is 1. The maximum absolute atomic E-state index is 12.5. The van der Waals surface area contributed by atoms with Crippen molar-refractivity contribution in [3.8, 4) is 0 Å². The number of carbonyl (C=O) groups is 1. The number of amides is 1. The molecule has 8 heteroatoms. The van der Waals surface area contributed by atoms with Gasteiger partial charge in [0.2, 0.25) is 11.1 Å². The van der Waals surface area contributed by atoms with E-state index in [0.717, 1.165) is 23.4 Å². The molecule has 2 aromatic heterocycles. The molecule has 2 aromatic carbocycles. The highest BCUT2D eigenvalue weighted by Gasteiger charge is 2.13. The Morgan fingerprint density at radius 2 is 1.86 bits per heavy atom. The van der Waals surface area contributed by atoms with E-state index >= 15 is 0 Å². The molecule has 146 valence electrons. The van der Waals surface area contributed by atoms with Gasteiger partial charge in [-0.3, -0.25) is 4.79 Å². The molecule has 0 unspecified atom stereocenters. The lowest BCUT2D eigenvalue weighted by molar-refractivity contribution is -0.113. The number of para-hydroxylation sites is 1. The van der Waals surface area contributed by atoms with Gasteiger partial charge in [0, 0.05) is 5.69 Å². The van der Waals surface area contributed by atoms with Crippen molar-refractivity contribution in [3.63, 3.8) is 0 Å². The molecule has 7 nitrogen and oxygen atoms in total. The monoisotopic (exact) mass is 405 g/mol. The van der Waals surface area contributed by atoms with E-state index in [4.69, 9.17) is 4.42 Å². The Morgan fingerprint density at radius 3 is 2.69 bits per heavy atom. The van der Waals surface area contributed by atoms with E-state index in [9.17, 15) is 4.79 Å². The molecule has 1 amide bonds. The molecule has 2 heterocycles. The van der Waals surface area contributed by atoms with Gasteiger partial charge in [0.05, 0.1) is 12.0 Å². The first kappa shape index (κ1) is 18.9. The van der Waals surface area contributed by atoms with Crippen LogP contribution in [0.15, 0.2) is 82.6 Å². The summed E-state index contributed by atoms with van der Waals surface area (Å²) in [5.74, 6) is 0.847. The molecule has 0 spiro atoms. The molecule has 0 saturated heterocycles. The predicted molar refractivity (Wildman–Crippen MR) is 111 cm³/mol. The summed E-state index contributed by atoms with van der Waals surface area (Å²) in [6, 6.07) is 21.7. The van der Waals surface area contributed by atoms with E-state index in [1.54, 1.807) is 10.9 Å². The molecule has 4 rings (SSSR count). The number of thioether (sulfide) groups is 1. The second kappa shape index (κ2) is 9.20. The van der Waals surface area contributed by atoms with Crippen LogP contribution < -0.4 is 5.32 Å². The van der Waals surface area contributed by atoms with Gasteiger partial charge in [-0.05, 0) is 46.2 Å². The molecule has 0 aliphatic rings. The van der Waals surface area contributed by atoms with Gasteiger partial charge in [0.15, 0.2) is 0 Å². The standard InChI is InChI=1S/C21H19N5O2S/c27-20(15-29-21-23-24-25-26(21)14-18-10-6-12-28-18)22-19-11-5-4-9-17(19)13-16-7-2-1-3-8-16/h1-12H,13-15H2,(H,22,27). The Balaban J connectivity index is 1.37. The zero-order chi connectivity index (χ0) is 19.9. The topological polar surface area (TPSA) is 85.8 Å². The van der Waals surface area contributed by atoms with Gasteiger partial charge in [0.25, 0.3) is 0 Å². The molecular weight excluding hydrogens is 386 g/mol. The largest absolute Gasteiger partial charge is 0.467 e. The minimum Gasteiger partial charge on any atom is -0.467 e. The number of tetrazole rings is 1. The lowest BCUT2D eigenvalue weighted by atomic mass is 10.0. The van der Waals surface area contributed by atoms with Crippen LogP contribution >= 0.6 is 11.8 Å². The van der Waals surface area contributed by atoms with Crippen molar-refractivity contribution in [2.45, 2.75) is 18.1 Å². The fourth-order valence-corrected chi connectivity index (χ4v) is 3.55. The maximum Gasteiger partial charge on any atom is 0.234 e. The molecule has 29 heavy (non-hydrogen) atoms. The summed E-state index contributed by atoms with van der Waals surface area (Å²) in [7, 11) is 0. The van der Waals surface area contributed by atoms with Crippen LogP contribution in [0.5, 0.6) is 0 Å². The third kappa shape index (κ3) is 5.11. The van der Waals surface area contributed by atoms with Gasteiger partial charge in [-0.15, -0.1) is 5.10 Å². The van der Waals surface area contributed by atoms with Gasteiger partial charge in [0.1, 0.15) is 12.3 Å². The Kier molecular flexibility index (Phi) is 6.01. The summed E-state index contributed by atoms with van der Waals surface area (Å²) in [6.45, 7) is 0.420. The summed E-state index contributed by atoms with van der Waals surface area (Å²) in [5.41, 5.74) is 3.08. The van der Waals surface area contributed by atoms with Crippen LogP contribution in [0.2, 0.25) is 0 Å². The van der Waals surface area contributed by atoms with E-state index < -0.39 is 0 Å². The van der Waals surface area contributed by atoms with Crippen molar-refractivity contribution in [2.24, 2.45) is 0 Å². The summed E-state index contributed by atoms with van der Waals surface area (Å²) < 4.78 is 6.93. The van der Waals surface area contributed by atoms with Crippen LogP contribution in [0, 0.1) is 0 Å². The van der Waals surface area contributed by atoms with E-state index in [1.807, 2.05) is 54.6 Å². The van der Waals surface area contributed by atoms with Crippen molar-refractivity contribution in [2.75, 3.05) is 11.1 Å². The lowest BCUT2D eigenvalue weighted by Gasteiger charge is -2.11. The van der Waals surface area contributed by atoms with Crippen molar-refractivity contribution >= 4 is 23.4 Å². The van der Waals surface area contributed by atoms with Gasteiger partial charge in [-0.1, -0.05) is 60.3 Å². The number of aromatic nitrogens is 4. The predicted octanol–water partition coefficient (Wildman–Crippen LogP) is 3.64. The molecule has 0 radical (unpaired) electrons. The summed E-state index contributed by atoms with van der Waals surface area (Å²) >= 11 is 1.29. The number of carbonyl (C=O) groups excluding carboxylic acids is 1. The molecule has 4 aromatic rings. The Bertz CT molecular complexity index is 1060. The maximum atomic E-state index is 12.5. The fraction of sp³-hybridized carbons (Fsp3) is 0.143. The van der Waals surface area contributed by atoms with Crippen LogP contribution in [0.25, 0.3) is 0 Å². The number of anilines is 1. The Morgan fingerprint density at radius 1 is 1.03 bits per heavy atom. The van der Waals surface area contributed by atoms with Crippen molar-refractivity contribution in [3.05, 3.63) is 89.9 Å². The van der Waals surface area contributed by atoms with Crippen molar-refractivity contribution < 1.29 is 9.21 Å². The lowest BCUT2D eigenvalue weighted by Crippen LogP contribution is -2.16. The number of nitrogens with zero attached hydrogens (tertiary/aromatic N) is 4. The van der Waals surface area contributed by atoms with Gasteiger partial charge >= 0.3 is 0 Å². The zero-order valence-electron chi connectivity index (χ0n) is 15.6. The van der Waals surface area contributed by atoms with Gasteiger partial charge < -0.3 is 9.73 Å². The molecule has 0 aliphatic carbocycles.